The summed E-state index contributed by atoms with van der Waals surface area (Å²) in [5, 5.41) is 0. The smallest absolute Gasteiger partial charge is 0.310 e. The maximum absolute atomic E-state index is 13.7. The largest absolute Gasteiger partial charge is 0.591 e. The minimum atomic E-state index is -9.93. The average Bonchev–Trinajstić information content (AvgIpc) is 2.23. The molecule has 0 N–H and O–H groups in total. The van der Waals surface area contributed by atoms with Crippen LogP contribution in [-0.4, -0.2) is 15.0 Å². The summed E-state index contributed by atoms with van der Waals surface area (Å²) in [5.41, 5.74) is -0.553. The van der Waals surface area contributed by atoms with E-state index in [1.807, 2.05) is 0 Å². The molecule has 1 atom stereocenters. The number of benzene rings is 1. The number of nitrogens with zero attached hydrogens (tertiary/aromatic N) is 1. The normalized spacial score (nSPS) is 18.6. The molecule has 2 nitrogen and oxygen atoms in total. The van der Waals surface area contributed by atoms with Gasteiger partial charge in [0.2, 0.25) is 0 Å². The van der Waals surface area contributed by atoms with Gasteiger partial charge in [0, 0.05) is 5.56 Å². The first kappa shape index (κ1) is 19.2. The van der Waals surface area contributed by atoms with Crippen molar-refractivity contribution in [1.29, 1.82) is 0 Å². The molecular weight excluding hydrogens is 352 g/mol. The van der Waals surface area contributed by atoms with Crippen LogP contribution in [0.2, 0.25) is 0 Å². The Morgan fingerprint density at radius 1 is 1.14 bits per heavy atom. The third-order valence-electron chi connectivity index (χ3n) is 2.52. The van der Waals surface area contributed by atoms with Crippen LogP contribution in [0.5, 0.6) is 0 Å². The van der Waals surface area contributed by atoms with Crippen LogP contribution < -0.4 is 0 Å². The van der Waals surface area contributed by atoms with Gasteiger partial charge in [-0.15, -0.1) is 0 Å². The van der Waals surface area contributed by atoms with E-state index in [1.54, 1.807) is 20.8 Å². The van der Waals surface area contributed by atoms with E-state index < -0.39 is 42.6 Å². The van der Waals surface area contributed by atoms with Gasteiger partial charge in [0.05, 0.1) is 5.71 Å². The number of rotatable bonds is 3. The van der Waals surface area contributed by atoms with Gasteiger partial charge in [-0.2, -0.15) is 0 Å². The first-order chi connectivity index (χ1) is 9.41. The summed E-state index contributed by atoms with van der Waals surface area (Å²) in [5.74, 6) is -1.50. The Bertz CT molecular complexity index is 621. The van der Waals surface area contributed by atoms with Crippen molar-refractivity contribution in [2.75, 3.05) is 0 Å². The molecule has 0 bridgehead atoms. The lowest BCUT2D eigenvalue weighted by molar-refractivity contribution is 0.363. The van der Waals surface area contributed by atoms with Crippen molar-refractivity contribution in [3.63, 3.8) is 0 Å². The Labute approximate surface area is 127 Å². The molecule has 10 heteroatoms. The molecule has 0 aliphatic rings. The van der Waals surface area contributed by atoms with E-state index >= 15 is 0 Å². The molecule has 0 aliphatic carbocycles. The first-order valence-electron chi connectivity index (χ1n) is 5.93. The van der Waals surface area contributed by atoms with Crippen LogP contribution in [0.15, 0.2) is 27.5 Å². The quantitative estimate of drug-likeness (QED) is 0.380. The maximum atomic E-state index is 13.7. The predicted octanol–water partition coefficient (Wildman–Crippen LogP) is 5.75. The third-order valence-corrected chi connectivity index (χ3v) is 5.15. The summed E-state index contributed by atoms with van der Waals surface area (Å²) in [6.07, 6.45) is 0. The molecule has 0 heterocycles. The highest BCUT2D eigenvalue weighted by molar-refractivity contribution is 8.45. The molecule has 128 valence electrons. The van der Waals surface area contributed by atoms with Crippen LogP contribution in [0.1, 0.15) is 33.3 Å². The Kier molecular flexibility index (Phi) is 4.19. The lowest BCUT2D eigenvalue weighted by Gasteiger charge is -2.40. The molecule has 1 rings (SSSR count). The minimum Gasteiger partial charge on any atom is -0.591 e. The van der Waals surface area contributed by atoms with E-state index in [0.717, 1.165) is 0 Å². The zero-order valence-electron chi connectivity index (χ0n) is 12.2. The van der Waals surface area contributed by atoms with Crippen LogP contribution in [0.4, 0.5) is 23.8 Å². The van der Waals surface area contributed by atoms with Crippen molar-refractivity contribution in [1.82, 2.24) is 0 Å². The van der Waals surface area contributed by atoms with E-state index in [2.05, 4.69) is 4.40 Å². The van der Waals surface area contributed by atoms with E-state index in [0.29, 0.717) is 6.07 Å². The molecule has 0 saturated carbocycles. The number of halogens is 6. The van der Waals surface area contributed by atoms with E-state index in [9.17, 15) is 28.4 Å². The van der Waals surface area contributed by atoms with Crippen molar-refractivity contribution >= 4 is 27.3 Å². The van der Waals surface area contributed by atoms with E-state index in [-0.39, 0.29) is 17.8 Å². The highest BCUT2D eigenvalue weighted by atomic mass is 32.5. The van der Waals surface area contributed by atoms with Crippen molar-refractivity contribution in [2.45, 2.75) is 37.3 Å². The monoisotopic (exact) mass is 367 g/mol. The molecule has 0 fully saturated rings. The lowest BCUT2D eigenvalue weighted by Crippen LogP contribution is -2.26. The van der Waals surface area contributed by atoms with Gasteiger partial charge in [0.25, 0.3) is 0 Å². The lowest BCUT2D eigenvalue weighted by atomic mass is 10.1. The Morgan fingerprint density at radius 3 is 2.00 bits per heavy atom. The first-order valence-corrected chi connectivity index (χ1v) is 8.99. The fraction of sp³-hybridized carbons (Fsp3) is 0.417. The maximum Gasteiger partial charge on any atom is 0.310 e. The molecular formula is C12H15F6NOS2. The summed E-state index contributed by atoms with van der Waals surface area (Å²) < 4.78 is 91.4. The second-order valence-corrected chi connectivity index (χ2v) is 9.96. The molecule has 0 saturated heterocycles. The summed E-state index contributed by atoms with van der Waals surface area (Å²) >= 11 is -1.76. The standard InChI is InChI=1S/C12H15F6NOS2/c1-8(19-21(20)12(2,3)4)10-6-5-9(7-11(10)13)22(14,15,16,17)18/h5-7H,1-4H3/b19-8+. The summed E-state index contributed by atoms with van der Waals surface area (Å²) in [6.45, 7) is 6.05. The number of hydrogen-bond donors (Lipinski definition) is 0. The molecule has 1 aromatic carbocycles. The minimum absolute atomic E-state index is 0.0962. The molecule has 22 heavy (non-hydrogen) atoms. The van der Waals surface area contributed by atoms with Gasteiger partial charge >= 0.3 is 10.2 Å². The van der Waals surface area contributed by atoms with Gasteiger partial charge in [0.15, 0.2) is 0 Å². The second-order valence-electron chi connectivity index (χ2n) is 5.65. The van der Waals surface area contributed by atoms with Gasteiger partial charge in [-0.1, -0.05) is 23.8 Å². The molecule has 0 radical (unpaired) electrons. The van der Waals surface area contributed by atoms with Crippen LogP contribution in [0, 0.1) is 5.82 Å². The van der Waals surface area contributed by atoms with Crippen molar-refractivity contribution in [3.8, 4) is 0 Å². The summed E-state index contributed by atoms with van der Waals surface area (Å²) in [7, 11) is -9.93. The molecule has 1 unspecified atom stereocenters. The highest BCUT2D eigenvalue weighted by Crippen LogP contribution is 3.02. The molecule has 0 aromatic heterocycles. The summed E-state index contributed by atoms with van der Waals surface area (Å²) in [4.78, 5) is -2.31. The van der Waals surface area contributed by atoms with Gasteiger partial charge < -0.3 is 4.55 Å². The molecule has 1 aromatic rings. The topological polar surface area (TPSA) is 35.4 Å². The van der Waals surface area contributed by atoms with Crippen LogP contribution in [0.25, 0.3) is 0 Å². The predicted molar refractivity (Wildman–Crippen MR) is 77.9 cm³/mol. The molecule has 0 amide bonds. The van der Waals surface area contributed by atoms with Crippen molar-refractivity contribution < 1.29 is 28.4 Å². The van der Waals surface area contributed by atoms with Gasteiger partial charge in [-0.25, -0.2) is 4.39 Å². The second kappa shape index (κ2) is 4.81. The van der Waals surface area contributed by atoms with Gasteiger partial charge in [0.1, 0.15) is 26.8 Å². The van der Waals surface area contributed by atoms with E-state index in [4.69, 9.17) is 0 Å². The fourth-order valence-corrected chi connectivity index (χ4v) is 2.61. The Balaban J connectivity index is 3.30. The molecule has 0 spiro atoms. The SMILES string of the molecule is C/C(=N\[S+]([O-])C(C)(C)C)c1ccc(S(F)(F)(F)(F)F)cc1F. The van der Waals surface area contributed by atoms with Crippen LogP contribution in [-0.2, 0) is 11.4 Å². The van der Waals surface area contributed by atoms with E-state index in [1.165, 1.54) is 6.92 Å². The van der Waals surface area contributed by atoms with Crippen molar-refractivity contribution in [3.05, 3.63) is 29.6 Å². The number of hydrogen-bond acceptors (Lipinski definition) is 2. The zero-order valence-corrected chi connectivity index (χ0v) is 13.8. The van der Waals surface area contributed by atoms with Crippen molar-refractivity contribution in [2.24, 2.45) is 4.40 Å². The highest BCUT2D eigenvalue weighted by Gasteiger charge is 2.65. The van der Waals surface area contributed by atoms with Gasteiger partial charge in [-0.05, 0) is 45.9 Å². The Hall–Kier alpha value is -0.870. The fourth-order valence-electron chi connectivity index (χ4n) is 1.34. The van der Waals surface area contributed by atoms with Crippen LogP contribution >= 0.6 is 10.2 Å². The average molecular weight is 367 g/mol. The summed E-state index contributed by atoms with van der Waals surface area (Å²) in [6, 6.07) is 0.385. The third kappa shape index (κ3) is 4.82. The van der Waals surface area contributed by atoms with Crippen LogP contribution in [0.3, 0.4) is 0 Å². The molecule has 0 aliphatic heterocycles. The van der Waals surface area contributed by atoms with Gasteiger partial charge in [-0.3, -0.25) is 0 Å². The Morgan fingerprint density at radius 2 is 1.64 bits per heavy atom. The zero-order chi connectivity index (χ0) is 17.6.